The molecule has 6 aromatic rings. The highest BCUT2D eigenvalue weighted by Crippen LogP contribution is 2.45. The summed E-state index contributed by atoms with van der Waals surface area (Å²) in [6.45, 7) is 3.42. The molecule has 7 rings (SSSR count). The van der Waals surface area contributed by atoms with Crippen molar-refractivity contribution in [2.45, 2.75) is 12.8 Å². The minimum absolute atomic E-state index is 0.0851. The average molecular weight is 627 g/mol. The lowest BCUT2D eigenvalue weighted by molar-refractivity contribution is 0.0982. The highest BCUT2D eigenvalue weighted by Gasteiger charge is 2.37. The molecule has 2 amide bonds. The van der Waals surface area contributed by atoms with Gasteiger partial charge in [-0.1, -0.05) is 0 Å². The van der Waals surface area contributed by atoms with Crippen molar-refractivity contribution in [2.24, 2.45) is 0 Å². The zero-order valence-corrected chi connectivity index (χ0v) is 25.7. The molecular formula is C33H31ClN6O5. The number of anilines is 2. The summed E-state index contributed by atoms with van der Waals surface area (Å²) in [5.74, 6) is 0.627. The fourth-order valence-corrected chi connectivity index (χ4v) is 6.12. The van der Waals surface area contributed by atoms with Gasteiger partial charge in [-0.25, -0.2) is 4.98 Å². The second-order valence-corrected chi connectivity index (χ2v) is 11.8. The highest BCUT2D eigenvalue weighted by molar-refractivity contribution is 6.19. The van der Waals surface area contributed by atoms with Crippen LogP contribution < -0.4 is 15.0 Å². The van der Waals surface area contributed by atoms with Gasteiger partial charge in [0, 0.05) is 70.9 Å². The SMILES string of the molecule is Cc1nc2c3c(cc(O)c2o1)N(C(=O)c1cc2cc(NC(=O)c4cc5cc(OCCN(C)C)ccc5[nH]4)ccc2[nH]1)CC3CCl. The number of halogens is 1. The van der Waals surface area contributed by atoms with Gasteiger partial charge in [0.15, 0.2) is 17.2 Å². The summed E-state index contributed by atoms with van der Waals surface area (Å²) in [4.78, 5) is 41.4. The fourth-order valence-electron chi connectivity index (χ4n) is 5.87. The van der Waals surface area contributed by atoms with E-state index in [1.807, 2.05) is 49.3 Å². The molecule has 11 nitrogen and oxygen atoms in total. The molecule has 1 aliphatic rings. The summed E-state index contributed by atoms with van der Waals surface area (Å²) < 4.78 is 11.4. The Labute approximate surface area is 262 Å². The number of rotatable bonds is 8. The molecule has 230 valence electrons. The van der Waals surface area contributed by atoms with Crippen molar-refractivity contribution in [1.82, 2.24) is 19.9 Å². The van der Waals surface area contributed by atoms with E-state index in [0.717, 1.165) is 39.7 Å². The van der Waals surface area contributed by atoms with E-state index in [2.05, 4.69) is 20.3 Å². The number of phenols is 1. The molecule has 0 radical (unpaired) electrons. The van der Waals surface area contributed by atoms with Gasteiger partial charge < -0.3 is 39.3 Å². The van der Waals surface area contributed by atoms with Gasteiger partial charge in [-0.2, -0.15) is 0 Å². The number of alkyl halides is 1. The molecule has 1 atom stereocenters. The molecule has 1 unspecified atom stereocenters. The van der Waals surface area contributed by atoms with E-state index >= 15 is 0 Å². The lowest BCUT2D eigenvalue weighted by Gasteiger charge is -2.17. The second kappa shape index (κ2) is 11.2. The van der Waals surface area contributed by atoms with Crippen molar-refractivity contribution in [3.8, 4) is 11.5 Å². The molecule has 0 saturated carbocycles. The molecule has 0 spiro atoms. The molecule has 0 bridgehead atoms. The standard InChI is InChI=1S/C33H31ClN6O5/c1-17-35-30-29-20(15-34)16-40(27(29)14-28(41)31(30)45-17)33(43)26-13-18-10-21(4-6-23(18)38-26)36-32(42)25-12-19-11-22(5-7-24(19)37-25)44-9-8-39(2)3/h4-7,10-14,20,37-38,41H,8-9,15-16H2,1-3H3,(H,36,42). The van der Waals surface area contributed by atoms with Crippen LogP contribution in [0.5, 0.6) is 11.5 Å². The Balaban J connectivity index is 1.10. The number of aromatic nitrogens is 3. The van der Waals surface area contributed by atoms with E-state index in [9.17, 15) is 14.7 Å². The number of benzene rings is 3. The maximum absolute atomic E-state index is 13.8. The number of nitrogens with zero attached hydrogens (tertiary/aromatic N) is 3. The van der Waals surface area contributed by atoms with Gasteiger partial charge in [0.1, 0.15) is 29.3 Å². The fraction of sp³-hybridized carbons (Fsp3) is 0.242. The number of amides is 2. The molecule has 1 aliphatic heterocycles. The van der Waals surface area contributed by atoms with Crippen molar-refractivity contribution in [1.29, 1.82) is 0 Å². The number of hydrogen-bond acceptors (Lipinski definition) is 7. The van der Waals surface area contributed by atoms with Crippen LogP contribution in [0.15, 0.2) is 59.0 Å². The van der Waals surface area contributed by atoms with Crippen LogP contribution in [0.25, 0.3) is 32.9 Å². The number of ether oxygens (including phenoxy) is 1. The molecule has 3 aromatic heterocycles. The summed E-state index contributed by atoms with van der Waals surface area (Å²) in [5.41, 5.74) is 5.09. The average Bonchev–Trinajstić information content (AvgIpc) is 3.79. The third-order valence-electron chi connectivity index (χ3n) is 8.06. The third kappa shape index (κ3) is 5.23. The predicted octanol–water partition coefficient (Wildman–Crippen LogP) is 5.98. The Bertz CT molecular complexity index is 2110. The smallest absolute Gasteiger partial charge is 0.274 e. The molecule has 4 heterocycles. The number of carbonyl (C=O) groups excluding carboxylic acids is 2. The van der Waals surface area contributed by atoms with Crippen molar-refractivity contribution in [3.05, 3.63) is 77.4 Å². The van der Waals surface area contributed by atoms with E-state index in [1.54, 1.807) is 30.0 Å². The van der Waals surface area contributed by atoms with E-state index in [-0.39, 0.29) is 34.9 Å². The van der Waals surface area contributed by atoms with Gasteiger partial charge in [0.2, 0.25) is 0 Å². The number of nitrogens with one attached hydrogen (secondary N) is 3. The summed E-state index contributed by atoms with van der Waals surface area (Å²) in [5, 5.41) is 15.2. The van der Waals surface area contributed by atoms with Gasteiger partial charge in [0.05, 0.1) is 5.69 Å². The number of carbonyl (C=O) groups is 2. The quantitative estimate of drug-likeness (QED) is 0.152. The van der Waals surface area contributed by atoms with E-state index in [0.29, 0.717) is 47.3 Å². The van der Waals surface area contributed by atoms with Crippen molar-refractivity contribution < 1.29 is 23.8 Å². The Morgan fingerprint density at radius 3 is 2.60 bits per heavy atom. The van der Waals surface area contributed by atoms with Gasteiger partial charge in [-0.05, 0) is 62.6 Å². The van der Waals surface area contributed by atoms with Crippen LogP contribution in [0.4, 0.5) is 11.4 Å². The first kappa shape index (κ1) is 28.8. The van der Waals surface area contributed by atoms with Crippen LogP contribution >= 0.6 is 11.6 Å². The van der Waals surface area contributed by atoms with Crippen LogP contribution in [-0.2, 0) is 0 Å². The Morgan fingerprint density at radius 2 is 1.82 bits per heavy atom. The van der Waals surface area contributed by atoms with Gasteiger partial charge in [-0.3, -0.25) is 9.59 Å². The van der Waals surface area contributed by atoms with E-state index in [1.165, 1.54) is 6.07 Å². The lowest BCUT2D eigenvalue weighted by atomic mass is 10.0. The van der Waals surface area contributed by atoms with E-state index < -0.39 is 0 Å². The Hall–Kier alpha value is -5.00. The largest absolute Gasteiger partial charge is 0.504 e. The number of oxazole rings is 1. The van der Waals surface area contributed by atoms with Crippen LogP contribution in [0.2, 0.25) is 0 Å². The maximum atomic E-state index is 13.8. The van der Waals surface area contributed by atoms with Crippen LogP contribution in [0.3, 0.4) is 0 Å². The minimum atomic E-state index is -0.289. The summed E-state index contributed by atoms with van der Waals surface area (Å²) >= 11 is 6.31. The molecule has 0 aliphatic carbocycles. The normalized spacial score (nSPS) is 14.6. The second-order valence-electron chi connectivity index (χ2n) is 11.5. The monoisotopic (exact) mass is 626 g/mol. The van der Waals surface area contributed by atoms with Gasteiger partial charge in [-0.15, -0.1) is 11.6 Å². The number of aryl methyl sites for hydroxylation is 1. The number of likely N-dealkylation sites (N-methyl/N-ethyl adjacent to an activating group) is 1. The Kier molecular flexibility index (Phi) is 7.14. The molecule has 3 aromatic carbocycles. The first-order valence-electron chi connectivity index (χ1n) is 14.5. The number of aromatic hydroxyl groups is 1. The summed E-state index contributed by atoms with van der Waals surface area (Å²) in [6.07, 6.45) is 0. The number of fused-ring (bicyclic) bond motifs is 5. The van der Waals surface area contributed by atoms with Crippen LogP contribution in [-0.4, -0.2) is 76.4 Å². The number of aromatic amines is 2. The van der Waals surface area contributed by atoms with Crippen molar-refractivity contribution in [3.63, 3.8) is 0 Å². The van der Waals surface area contributed by atoms with Crippen LogP contribution in [0.1, 0.15) is 38.3 Å². The highest BCUT2D eigenvalue weighted by atomic mass is 35.5. The molecule has 45 heavy (non-hydrogen) atoms. The lowest BCUT2D eigenvalue weighted by Crippen LogP contribution is -2.30. The molecule has 4 N–H and O–H groups in total. The first-order chi connectivity index (χ1) is 21.7. The van der Waals surface area contributed by atoms with Crippen LogP contribution in [0, 0.1) is 6.92 Å². The third-order valence-corrected chi connectivity index (χ3v) is 8.43. The predicted molar refractivity (Wildman–Crippen MR) is 174 cm³/mol. The minimum Gasteiger partial charge on any atom is -0.504 e. The molecule has 0 saturated heterocycles. The summed E-state index contributed by atoms with van der Waals surface area (Å²) in [6, 6.07) is 16.2. The Morgan fingerprint density at radius 1 is 1.09 bits per heavy atom. The van der Waals surface area contributed by atoms with Crippen molar-refractivity contribution in [2.75, 3.05) is 49.9 Å². The zero-order chi connectivity index (χ0) is 31.4. The number of H-pyrrole nitrogens is 2. The van der Waals surface area contributed by atoms with Gasteiger partial charge >= 0.3 is 0 Å². The topological polar surface area (TPSA) is 140 Å². The maximum Gasteiger partial charge on any atom is 0.274 e. The van der Waals surface area contributed by atoms with Gasteiger partial charge in [0.25, 0.3) is 11.8 Å². The molecular weight excluding hydrogens is 596 g/mol. The molecule has 12 heteroatoms. The molecule has 0 fully saturated rings. The zero-order valence-electron chi connectivity index (χ0n) is 24.9. The van der Waals surface area contributed by atoms with E-state index in [4.69, 9.17) is 20.8 Å². The van der Waals surface area contributed by atoms with Crippen molar-refractivity contribution >= 4 is 67.7 Å². The number of phenolic OH excluding ortho intramolecular Hbond substituents is 1. The number of hydrogen-bond donors (Lipinski definition) is 4. The summed E-state index contributed by atoms with van der Waals surface area (Å²) in [7, 11) is 3.98. The first-order valence-corrected chi connectivity index (χ1v) is 15.1.